The molecule has 0 radical (unpaired) electrons. The molecule has 0 saturated carbocycles. The number of methoxy groups -OCH3 is 1. The maximum Gasteiger partial charge on any atom is 0.185 e. The van der Waals surface area contributed by atoms with Gasteiger partial charge in [0, 0.05) is 44.0 Å². The largest absolute Gasteiger partial charge is 0.388 e. The maximum atomic E-state index is 12.5. The van der Waals surface area contributed by atoms with E-state index in [0.29, 0.717) is 25.8 Å². The number of hydrogen-bond acceptors (Lipinski definition) is 13. The van der Waals surface area contributed by atoms with Gasteiger partial charge in [0.05, 0.1) is 48.3 Å². The van der Waals surface area contributed by atoms with Gasteiger partial charge in [0.1, 0.15) is 23.9 Å². The summed E-state index contributed by atoms with van der Waals surface area (Å²) >= 11 is 0. The van der Waals surface area contributed by atoms with Crippen LogP contribution >= 0.6 is 0 Å². The normalized spacial score (nSPS) is 50.5. The van der Waals surface area contributed by atoms with Gasteiger partial charge in [-0.1, -0.05) is 27.7 Å². The van der Waals surface area contributed by atoms with E-state index in [-0.39, 0.29) is 37.0 Å². The van der Waals surface area contributed by atoms with Crippen LogP contribution in [0.3, 0.4) is 0 Å². The fourth-order valence-corrected chi connectivity index (χ4v) is 8.88. The van der Waals surface area contributed by atoms with Gasteiger partial charge >= 0.3 is 0 Å². The van der Waals surface area contributed by atoms with Crippen LogP contribution in [-0.4, -0.2) is 167 Å². The van der Waals surface area contributed by atoms with Crippen molar-refractivity contribution in [3.63, 3.8) is 0 Å². The Morgan fingerprint density at radius 2 is 1.53 bits per heavy atom. The second-order valence-electron chi connectivity index (χ2n) is 17.3. The Morgan fingerprint density at radius 3 is 2.10 bits per heavy atom. The summed E-state index contributed by atoms with van der Waals surface area (Å²) in [6.07, 6.45) is -6.08. The van der Waals surface area contributed by atoms with E-state index in [2.05, 4.69) is 0 Å². The van der Waals surface area contributed by atoms with Crippen molar-refractivity contribution >= 4 is 0 Å². The smallest absolute Gasteiger partial charge is 0.185 e. The molecule has 3 saturated heterocycles. The van der Waals surface area contributed by atoms with Gasteiger partial charge in [-0.3, -0.25) is 0 Å². The van der Waals surface area contributed by atoms with Crippen LogP contribution in [0.5, 0.6) is 0 Å². The molecule has 0 amide bonds. The molecule has 0 aromatic heterocycles. The van der Waals surface area contributed by atoms with Crippen molar-refractivity contribution in [3.05, 3.63) is 0 Å². The van der Waals surface area contributed by atoms with Crippen LogP contribution in [0, 0.1) is 17.8 Å². The molecule has 0 aliphatic carbocycles. The van der Waals surface area contributed by atoms with Gasteiger partial charge in [-0.05, 0) is 87.9 Å². The third kappa shape index (κ3) is 10.4. The molecule has 51 heavy (non-hydrogen) atoms. The first-order valence-electron chi connectivity index (χ1n) is 19.1. The van der Waals surface area contributed by atoms with E-state index in [9.17, 15) is 25.5 Å². The highest BCUT2D eigenvalue weighted by atomic mass is 16.7. The molecule has 0 spiro atoms. The predicted octanol–water partition coefficient (Wildman–Crippen LogP) is 2.37. The lowest BCUT2D eigenvalue weighted by Crippen LogP contribution is -2.60. The first-order valence-corrected chi connectivity index (χ1v) is 19.1. The molecule has 302 valence electrons. The van der Waals surface area contributed by atoms with E-state index in [0.717, 1.165) is 0 Å². The highest BCUT2D eigenvalue weighted by Crippen LogP contribution is 2.40. The molecule has 3 fully saturated rings. The molecule has 3 rings (SSSR count). The summed E-state index contributed by atoms with van der Waals surface area (Å²) < 4.78 is 38.4. The summed E-state index contributed by atoms with van der Waals surface area (Å²) in [6, 6.07) is -0.629. The van der Waals surface area contributed by atoms with E-state index < -0.39 is 84.1 Å². The number of ether oxygens (including phenoxy) is 6. The summed E-state index contributed by atoms with van der Waals surface area (Å²) in [5.74, 6) is -0.916. The van der Waals surface area contributed by atoms with E-state index >= 15 is 0 Å². The maximum absolute atomic E-state index is 12.5. The van der Waals surface area contributed by atoms with Crippen LogP contribution in [0.25, 0.3) is 0 Å². The highest BCUT2D eigenvalue weighted by Gasteiger charge is 2.51. The second kappa shape index (κ2) is 18.0. The molecule has 0 aromatic rings. The van der Waals surface area contributed by atoms with Gasteiger partial charge in [0.15, 0.2) is 12.6 Å². The number of aliphatic hydroxyl groups excluding tert-OH is 3. The van der Waals surface area contributed by atoms with E-state index in [4.69, 9.17) is 28.4 Å². The molecule has 0 aromatic carbocycles. The average Bonchev–Trinajstić information content (AvgIpc) is 3.04. The Kier molecular flexibility index (Phi) is 15.8. The first-order chi connectivity index (χ1) is 23.5. The predicted molar refractivity (Wildman–Crippen MR) is 194 cm³/mol. The summed E-state index contributed by atoms with van der Waals surface area (Å²) in [4.78, 5) is 3.97. The monoisotopic (exact) mass is 735 g/mol. The van der Waals surface area contributed by atoms with Crippen LogP contribution in [0.15, 0.2) is 0 Å². The van der Waals surface area contributed by atoms with Gasteiger partial charge in [0.2, 0.25) is 0 Å². The van der Waals surface area contributed by atoms with Crippen LogP contribution in [-0.2, 0) is 28.4 Å². The van der Waals surface area contributed by atoms with Crippen molar-refractivity contribution in [1.29, 1.82) is 0 Å². The molecular formula is C38H74N2O11. The van der Waals surface area contributed by atoms with Crippen molar-refractivity contribution in [2.45, 2.75) is 185 Å². The van der Waals surface area contributed by atoms with Crippen molar-refractivity contribution in [1.82, 2.24) is 9.80 Å². The summed E-state index contributed by atoms with van der Waals surface area (Å²) in [5.41, 5.74) is -3.92. The lowest BCUT2D eigenvalue weighted by molar-refractivity contribution is -0.319. The Labute approximate surface area is 307 Å². The van der Waals surface area contributed by atoms with Crippen LogP contribution in [0.2, 0.25) is 0 Å². The molecule has 3 heterocycles. The van der Waals surface area contributed by atoms with Gasteiger partial charge in [-0.25, -0.2) is 0 Å². The summed E-state index contributed by atoms with van der Waals surface area (Å²) in [6.45, 7) is 19.4. The Morgan fingerprint density at radius 1 is 0.902 bits per heavy atom. The van der Waals surface area contributed by atoms with Gasteiger partial charge in [0.25, 0.3) is 0 Å². The van der Waals surface area contributed by atoms with Gasteiger partial charge in [-0.2, -0.15) is 0 Å². The zero-order valence-electron chi connectivity index (χ0n) is 34.0. The summed E-state index contributed by atoms with van der Waals surface area (Å²) in [7, 11) is 7.31. The molecule has 13 nitrogen and oxygen atoms in total. The SMILES string of the molecule is CC[C@H]1OC[C@@H](C)[C@H](O[C@H]2C[C@@](C)(OC)[C@@H](O)[C@H](C)O2)[C@H](C)[C@@H](O[C@@H]2O[C@H](C)C[C@H](N(C)C)[C@H]2O)[C@](C)(O)C[C@@H](C)CN(C)[C@H](C)[C@@H](O)[C@]1(C)O. The lowest BCUT2D eigenvalue weighted by atomic mass is 9.77. The molecule has 18 atom stereocenters. The first kappa shape index (κ1) is 44.9. The molecule has 5 N–H and O–H groups in total. The molecule has 3 aliphatic heterocycles. The number of aliphatic hydroxyl groups is 5. The molecule has 0 bridgehead atoms. The Balaban J connectivity index is 2.12. The molecule has 13 heteroatoms. The van der Waals surface area contributed by atoms with Crippen LogP contribution < -0.4 is 0 Å². The van der Waals surface area contributed by atoms with Crippen molar-refractivity contribution in [2.24, 2.45) is 17.8 Å². The Bertz CT molecular complexity index is 1070. The molecular weight excluding hydrogens is 660 g/mol. The fourth-order valence-electron chi connectivity index (χ4n) is 8.88. The van der Waals surface area contributed by atoms with E-state index in [1.54, 1.807) is 27.9 Å². The van der Waals surface area contributed by atoms with Crippen molar-refractivity contribution < 1.29 is 54.0 Å². The zero-order chi connectivity index (χ0) is 38.8. The summed E-state index contributed by atoms with van der Waals surface area (Å²) in [5, 5.41) is 58.2. The number of hydrogen-bond donors (Lipinski definition) is 5. The third-order valence-corrected chi connectivity index (χ3v) is 12.2. The van der Waals surface area contributed by atoms with Crippen molar-refractivity contribution in [3.8, 4) is 0 Å². The minimum Gasteiger partial charge on any atom is -0.388 e. The Hall–Kier alpha value is -0.520. The quantitative estimate of drug-likeness (QED) is 0.260. The number of likely N-dealkylation sites (N-methyl/N-ethyl adjacent to an activating group) is 2. The van der Waals surface area contributed by atoms with E-state index in [1.807, 2.05) is 79.4 Å². The highest BCUT2D eigenvalue weighted by molar-refractivity contribution is 4.99. The molecule has 3 aliphatic rings. The zero-order valence-corrected chi connectivity index (χ0v) is 34.0. The minimum absolute atomic E-state index is 0.0693. The topological polar surface area (TPSA) is 163 Å². The standard InChI is InChI=1S/C38H74N2O11/c1-15-28-38(10,45)32(42)25(6)40(13)19-21(2)17-36(8,44)34(51-35-30(41)27(39(11)12)16-23(4)48-35)24(5)31(22(3)20-47-28)50-29-18-37(9,46-14)33(43)26(7)49-29/h21-35,41-45H,15-20H2,1-14H3/t21-,22-,23-,24+,25-,26+,27+,28-,29+,30-,31+,32-,33+,34-,35+,36-,37-,38-/m1/s1. The second-order valence-corrected chi connectivity index (χ2v) is 17.3. The fraction of sp³-hybridized carbons (Fsp3) is 1.00. The van der Waals surface area contributed by atoms with Crippen LogP contribution in [0.4, 0.5) is 0 Å². The minimum atomic E-state index is -1.56. The average molecular weight is 735 g/mol. The van der Waals surface area contributed by atoms with Gasteiger partial charge < -0.3 is 63.8 Å². The van der Waals surface area contributed by atoms with E-state index in [1.165, 1.54) is 0 Å². The third-order valence-electron chi connectivity index (χ3n) is 12.2. The van der Waals surface area contributed by atoms with Crippen molar-refractivity contribution in [2.75, 3.05) is 41.4 Å². The van der Waals surface area contributed by atoms with Gasteiger partial charge in [-0.15, -0.1) is 0 Å². The van der Waals surface area contributed by atoms with Crippen LogP contribution in [0.1, 0.15) is 94.9 Å². The molecule has 0 unspecified atom stereocenters. The number of nitrogens with zero attached hydrogens (tertiary/aromatic N) is 2. The lowest BCUT2D eigenvalue weighted by Gasteiger charge is -2.49. The number of rotatable bonds is 7.